The minimum absolute atomic E-state index is 0. The van der Waals surface area contributed by atoms with E-state index in [9.17, 15) is 0 Å². The van der Waals surface area contributed by atoms with Crippen LogP contribution < -0.4 is 33.5 Å². The SMILES string of the molecule is CCC(=C(c1ccc(OC)cc1)c1ccc(OC)cc1)c1cn(CC[N+](C)(C)C)c2ccccc12.I.[I-]. The molecule has 0 aliphatic heterocycles. The van der Waals surface area contributed by atoms with Crippen molar-refractivity contribution >= 4 is 46.0 Å². The molecule has 0 saturated heterocycles. The second-order valence-electron chi connectivity index (χ2n) is 9.93. The fraction of sp³-hybridized carbons (Fsp3) is 0.290. The number of halogens is 2. The van der Waals surface area contributed by atoms with Crippen molar-refractivity contribution in [1.82, 2.24) is 4.57 Å². The van der Waals surface area contributed by atoms with Gasteiger partial charge in [-0.3, -0.25) is 0 Å². The number of hydrogen-bond donors (Lipinski definition) is 0. The summed E-state index contributed by atoms with van der Waals surface area (Å²) in [5.41, 5.74) is 7.51. The van der Waals surface area contributed by atoms with Gasteiger partial charge in [0.15, 0.2) is 0 Å². The molecule has 4 rings (SSSR count). The monoisotopic (exact) mass is 724 g/mol. The molecule has 0 amide bonds. The van der Waals surface area contributed by atoms with Crippen molar-refractivity contribution in [2.24, 2.45) is 0 Å². The van der Waals surface area contributed by atoms with E-state index in [0.29, 0.717) is 0 Å². The highest BCUT2D eigenvalue weighted by Gasteiger charge is 2.19. The number of para-hydroxylation sites is 1. The number of likely N-dealkylation sites (N-methyl/N-ethyl adjacent to an activating group) is 1. The lowest BCUT2D eigenvalue weighted by Gasteiger charge is -2.24. The van der Waals surface area contributed by atoms with Crippen LogP contribution in [0.1, 0.15) is 30.0 Å². The number of quaternary nitrogens is 1. The van der Waals surface area contributed by atoms with Gasteiger partial charge in [-0.25, -0.2) is 0 Å². The van der Waals surface area contributed by atoms with Gasteiger partial charge in [-0.15, -0.1) is 24.0 Å². The van der Waals surface area contributed by atoms with Crippen molar-refractivity contribution in [3.63, 3.8) is 0 Å². The highest BCUT2D eigenvalue weighted by atomic mass is 127. The third kappa shape index (κ3) is 7.29. The average molecular weight is 724 g/mol. The van der Waals surface area contributed by atoms with Gasteiger partial charge in [0.2, 0.25) is 0 Å². The van der Waals surface area contributed by atoms with E-state index in [1.807, 2.05) is 24.3 Å². The number of aromatic nitrogens is 1. The molecule has 0 radical (unpaired) electrons. The zero-order valence-electron chi connectivity index (χ0n) is 22.6. The first-order valence-corrected chi connectivity index (χ1v) is 12.3. The first kappa shape index (κ1) is 31.2. The van der Waals surface area contributed by atoms with Gasteiger partial charge >= 0.3 is 0 Å². The highest BCUT2D eigenvalue weighted by molar-refractivity contribution is 14.0. The summed E-state index contributed by atoms with van der Waals surface area (Å²) >= 11 is 0. The van der Waals surface area contributed by atoms with Gasteiger partial charge in [0.1, 0.15) is 11.5 Å². The maximum Gasteiger partial charge on any atom is 0.118 e. The minimum atomic E-state index is 0. The molecule has 0 bridgehead atoms. The fourth-order valence-electron chi connectivity index (χ4n) is 4.61. The summed E-state index contributed by atoms with van der Waals surface area (Å²) in [5, 5.41) is 1.30. The third-order valence-electron chi connectivity index (χ3n) is 6.54. The topological polar surface area (TPSA) is 23.4 Å². The number of nitrogens with zero attached hydrogens (tertiary/aromatic N) is 2. The number of methoxy groups -OCH3 is 2. The van der Waals surface area contributed by atoms with Gasteiger partial charge < -0.3 is 42.5 Å². The normalized spacial score (nSPS) is 10.9. The molecule has 3 aromatic carbocycles. The van der Waals surface area contributed by atoms with Gasteiger partial charge in [0.05, 0.1) is 48.5 Å². The second-order valence-corrected chi connectivity index (χ2v) is 9.93. The number of hydrogen-bond acceptors (Lipinski definition) is 2. The maximum absolute atomic E-state index is 5.43. The van der Waals surface area contributed by atoms with Crippen molar-refractivity contribution in [3.05, 3.63) is 95.7 Å². The first-order valence-electron chi connectivity index (χ1n) is 12.3. The first-order chi connectivity index (χ1) is 16.8. The maximum atomic E-state index is 5.43. The van der Waals surface area contributed by atoms with E-state index >= 15 is 0 Å². The zero-order chi connectivity index (χ0) is 25.0. The van der Waals surface area contributed by atoms with Crippen LogP contribution in [0.25, 0.3) is 22.0 Å². The molecule has 0 N–H and O–H groups in total. The Hall–Kier alpha value is -2.04. The fourth-order valence-corrected chi connectivity index (χ4v) is 4.61. The van der Waals surface area contributed by atoms with Crippen LogP contribution in [0.2, 0.25) is 0 Å². The second kappa shape index (κ2) is 13.7. The summed E-state index contributed by atoms with van der Waals surface area (Å²) in [7, 11) is 10.1. The van der Waals surface area contributed by atoms with Crippen molar-refractivity contribution in [2.75, 3.05) is 41.9 Å². The van der Waals surface area contributed by atoms with E-state index < -0.39 is 0 Å². The molecule has 4 nitrogen and oxygen atoms in total. The molecule has 1 heterocycles. The average Bonchev–Trinajstić information content (AvgIpc) is 3.24. The van der Waals surface area contributed by atoms with E-state index in [1.165, 1.54) is 38.7 Å². The lowest BCUT2D eigenvalue weighted by Crippen LogP contribution is -3.00. The standard InChI is InChI=1S/C31H37N2O2.2HI/c1-7-27(29-22-32(20-21-33(2,3)4)30-11-9-8-10-28(29)30)31(23-12-16-25(34-5)17-13-23)24-14-18-26(35-6)19-15-24;;/h8-19,22H,7,20-21H2,1-6H3;2*1H/q+1;;/p-1. The van der Waals surface area contributed by atoms with Crippen LogP contribution in [0.4, 0.5) is 0 Å². The molecule has 0 aliphatic carbocycles. The molecular weight excluding hydrogens is 686 g/mol. The van der Waals surface area contributed by atoms with E-state index in [-0.39, 0.29) is 48.0 Å². The van der Waals surface area contributed by atoms with Crippen LogP contribution in [0.3, 0.4) is 0 Å². The molecule has 37 heavy (non-hydrogen) atoms. The summed E-state index contributed by atoms with van der Waals surface area (Å²) < 4.78 is 14.2. The van der Waals surface area contributed by atoms with Crippen LogP contribution in [0.5, 0.6) is 11.5 Å². The Morgan fingerprint density at radius 3 is 1.76 bits per heavy atom. The van der Waals surface area contributed by atoms with Crippen molar-refractivity contribution < 1.29 is 37.9 Å². The largest absolute Gasteiger partial charge is 1.00 e. The van der Waals surface area contributed by atoms with Gasteiger partial charge in [-0.2, -0.15) is 0 Å². The quantitative estimate of drug-likeness (QED) is 0.190. The molecule has 0 saturated carbocycles. The van der Waals surface area contributed by atoms with Crippen LogP contribution in [0.15, 0.2) is 79.0 Å². The lowest BCUT2D eigenvalue weighted by molar-refractivity contribution is -0.870. The summed E-state index contributed by atoms with van der Waals surface area (Å²) in [6, 6.07) is 25.6. The Labute approximate surface area is 255 Å². The smallest absolute Gasteiger partial charge is 0.118 e. The number of benzene rings is 3. The van der Waals surface area contributed by atoms with Gasteiger partial charge in [0.25, 0.3) is 0 Å². The number of allylic oxidation sites excluding steroid dienone is 1. The molecule has 4 aromatic rings. The molecule has 1 aromatic heterocycles. The Bertz CT molecular complexity index is 1270. The van der Waals surface area contributed by atoms with Gasteiger partial charge in [0, 0.05) is 22.7 Å². The highest BCUT2D eigenvalue weighted by Crippen LogP contribution is 2.39. The Balaban J connectivity index is 0.00000241. The predicted octanol–water partition coefficient (Wildman–Crippen LogP) is 4.36. The molecule has 0 fully saturated rings. The van der Waals surface area contributed by atoms with Crippen LogP contribution >= 0.6 is 24.0 Å². The molecule has 0 atom stereocenters. The molecule has 0 spiro atoms. The van der Waals surface area contributed by atoms with Crippen LogP contribution in [0, 0.1) is 0 Å². The number of rotatable bonds is 9. The summed E-state index contributed by atoms with van der Waals surface area (Å²) in [4.78, 5) is 0. The lowest BCUT2D eigenvalue weighted by atomic mass is 9.88. The molecular formula is C31H38I2N2O2. The van der Waals surface area contributed by atoms with Crippen molar-refractivity contribution in [2.45, 2.75) is 19.9 Å². The number of ether oxygens (including phenoxy) is 2. The van der Waals surface area contributed by atoms with Gasteiger partial charge in [-0.05, 0) is 59.0 Å². The van der Waals surface area contributed by atoms with E-state index in [2.05, 4.69) is 87.4 Å². The predicted molar refractivity (Wildman–Crippen MR) is 162 cm³/mol. The summed E-state index contributed by atoms with van der Waals surface area (Å²) in [6.07, 6.45) is 3.27. The van der Waals surface area contributed by atoms with Crippen LogP contribution in [-0.2, 0) is 6.54 Å². The van der Waals surface area contributed by atoms with Crippen LogP contribution in [-0.4, -0.2) is 51.0 Å². The van der Waals surface area contributed by atoms with Crippen molar-refractivity contribution in [1.29, 1.82) is 0 Å². The zero-order valence-corrected chi connectivity index (χ0v) is 27.1. The van der Waals surface area contributed by atoms with Gasteiger partial charge in [-0.1, -0.05) is 49.4 Å². The Morgan fingerprint density at radius 1 is 0.784 bits per heavy atom. The Kier molecular flexibility index (Phi) is 11.5. The number of fused-ring (bicyclic) bond motifs is 1. The Morgan fingerprint density at radius 2 is 1.30 bits per heavy atom. The van der Waals surface area contributed by atoms with E-state index in [0.717, 1.165) is 35.5 Å². The van der Waals surface area contributed by atoms with E-state index in [1.54, 1.807) is 14.2 Å². The molecule has 6 heteroatoms. The minimum Gasteiger partial charge on any atom is -1.00 e. The summed E-state index contributed by atoms with van der Waals surface area (Å²) in [5.74, 6) is 1.72. The van der Waals surface area contributed by atoms with Crippen molar-refractivity contribution in [3.8, 4) is 11.5 Å². The molecule has 198 valence electrons. The van der Waals surface area contributed by atoms with E-state index in [4.69, 9.17) is 9.47 Å². The molecule has 0 unspecified atom stereocenters. The third-order valence-corrected chi connectivity index (χ3v) is 6.54. The molecule has 0 aliphatic rings. The summed E-state index contributed by atoms with van der Waals surface area (Å²) in [6.45, 7) is 4.29.